The van der Waals surface area contributed by atoms with Crippen LogP contribution >= 0.6 is 0 Å². The number of nitrogens with zero attached hydrogens (tertiary/aromatic N) is 1. The molecule has 1 aliphatic carbocycles. The van der Waals surface area contributed by atoms with Crippen LogP contribution in [-0.2, 0) is 4.79 Å². The molecule has 0 aliphatic heterocycles. The van der Waals surface area contributed by atoms with E-state index < -0.39 is 0 Å². The number of aliphatic hydroxyl groups excluding tert-OH is 1. The van der Waals surface area contributed by atoms with E-state index in [1.165, 1.54) is 0 Å². The van der Waals surface area contributed by atoms with E-state index >= 15 is 0 Å². The van der Waals surface area contributed by atoms with Gasteiger partial charge in [0.05, 0.1) is 6.10 Å². The summed E-state index contributed by atoms with van der Waals surface area (Å²) >= 11 is 0. The number of hydrogen-bond acceptors (Lipinski definition) is 2. The van der Waals surface area contributed by atoms with Crippen molar-refractivity contribution in [1.82, 2.24) is 4.90 Å². The first-order valence-corrected chi connectivity index (χ1v) is 7.01. The number of hydrogen-bond donors (Lipinski definition) is 1. The average Bonchev–Trinajstić information content (AvgIpc) is 2.27. The van der Waals surface area contributed by atoms with Crippen molar-refractivity contribution < 1.29 is 9.90 Å². The third-order valence-electron chi connectivity index (χ3n) is 3.87. The van der Waals surface area contributed by atoms with Crippen molar-refractivity contribution in [3.63, 3.8) is 0 Å². The smallest absolute Gasteiger partial charge is 0.225 e. The van der Waals surface area contributed by atoms with Crippen molar-refractivity contribution in [1.29, 1.82) is 0 Å². The van der Waals surface area contributed by atoms with Crippen molar-refractivity contribution >= 4 is 5.91 Å². The van der Waals surface area contributed by atoms with Gasteiger partial charge in [-0.3, -0.25) is 4.79 Å². The largest absolute Gasteiger partial charge is 0.393 e. The van der Waals surface area contributed by atoms with Crippen LogP contribution in [0.25, 0.3) is 0 Å². The zero-order valence-electron chi connectivity index (χ0n) is 11.5. The third-order valence-corrected chi connectivity index (χ3v) is 3.87. The van der Waals surface area contributed by atoms with E-state index in [0.717, 1.165) is 45.1 Å². The monoisotopic (exact) mass is 241 g/mol. The second-order valence-electron chi connectivity index (χ2n) is 5.46. The Morgan fingerprint density at radius 2 is 2.06 bits per heavy atom. The van der Waals surface area contributed by atoms with Crippen molar-refractivity contribution in [3.8, 4) is 0 Å². The molecule has 1 unspecified atom stereocenters. The van der Waals surface area contributed by atoms with E-state index in [1.54, 1.807) is 0 Å². The van der Waals surface area contributed by atoms with Gasteiger partial charge in [-0.15, -0.1) is 0 Å². The molecule has 0 aromatic heterocycles. The highest BCUT2D eigenvalue weighted by Crippen LogP contribution is 2.28. The van der Waals surface area contributed by atoms with Crippen LogP contribution in [0.3, 0.4) is 0 Å². The molecule has 1 fully saturated rings. The lowest BCUT2D eigenvalue weighted by Gasteiger charge is -2.35. The number of aliphatic hydroxyl groups is 1. The summed E-state index contributed by atoms with van der Waals surface area (Å²) in [7, 11) is 1.90. The van der Waals surface area contributed by atoms with Crippen molar-refractivity contribution in [2.45, 2.75) is 58.5 Å². The van der Waals surface area contributed by atoms with E-state index in [4.69, 9.17) is 0 Å². The lowest BCUT2D eigenvalue weighted by atomic mass is 9.82. The Kier molecular flexibility index (Phi) is 5.96. The number of rotatable bonds is 7. The van der Waals surface area contributed by atoms with Gasteiger partial charge >= 0.3 is 0 Å². The second-order valence-corrected chi connectivity index (χ2v) is 5.46. The van der Waals surface area contributed by atoms with Crippen LogP contribution in [0.5, 0.6) is 0 Å². The fraction of sp³-hybridized carbons (Fsp3) is 0.929. The molecule has 1 atom stereocenters. The standard InChI is InChI=1S/C14H27NO2/c1-4-6-7-12(5-2)14(17)15(3)10-11-8-13(16)9-11/h11-13,16H,4-10H2,1-3H3. The molecule has 0 heterocycles. The minimum absolute atomic E-state index is 0.120. The summed E-state index contributed by atoms with van der Waals surface area (Å²) in [5, 5.41) is 9.24. The van der Waals surface area contributed by atoms with Gasteiger partial charge in [-0.1, -0.05) is 26.7 Å². The third kappa shape index (κ3) is 4.30. The first-order chi connectivity index (χ1) is 8.08. The lowest BCUT2D eigenvalue weighted by Crippen LogP contribution is -2.41. The summed E-state index contributed by atoms with van der Waals surface area (Å²) < 4.78 is 0. The van der Waals surface area contributed by atoms with E-state index in [0.29, 0.717) is 11.8 Å². The zero-order valence-corrected chi connectivity index (χ0v) is 11.5. The molecule has 1 saturated carbocycles. The molecule has 0 radical (unpaired) electrons. The van der Waals surface area contributed by atoms with E-state index in [9.17, 15) is 9.90 Å². The molecule has 1 amide bonds. The maximum absolute atomic E-state index is 12.2. The summed E-state index contributed by atoms with van der Waals surface area (Å²) in [6.07, 6.45) is 5.86. The highest BCUT2D eigenvalue weighted by molar-refractivity contribution is 5.78. The highest BCUT2D eigenvalue weighted by Gasteiger charge is 2.30. The summed E-state index contributed by atoms with van der Waals surface area (Å²) in [6, 6.07) is 0. The molecule has 0 aromatic rings. The molecule has 1 aliphatic rings. The minimum atomic E-state index is -0.120. The Morgan fingerprint density at radius 3 is 2.53 bits per heavy atom. The first kappa shape index (κ1) is 14.5. The van der Waals surface area contributed by atoms with Crippen LogP contribution in [0.2, 0.25) is 0 Å². The maximum atomic E-state index is 12.2. The molecule has 0 saturated heterocycles. The Balaban J connectivity index is 2.32. The van der Waals surface area contributed by atoms with Gasteiger partial charge in [-0.25, -0.2) is 0 Å². The quantitative estimate of drug-likeness (QED) is 0.743. The summed E-state index contributed by atoms with van der Waals surface area (Å²) in [5.74, 6) is 1.01. The fourth-order valence-electron chi connectivity index (χ4n) is 2.59. The summed E-state index contributed by atoms with van der Waals surface area (Å²) in [6.45, 7) is 5.08. The summed E-state index contributed by atoms with van der Waals surface area (Å²) in [4.78, 5) is 14.1. The van der Waals surface area contributed by atoms with Gasteiger partial charge in [0.15, 0.2) is 0 Å². The van der Waals surface area contributed by atoms with Crippen LogP contribution in [-0.4, -0.2) is 35.6 Å². The number of amides is 1. The fourth-order valence-corrected chi connectivity index (χ4v) is 2.59. The van der Waals surface area contributed by atoms with Crippen molar-refractivity contribution in [2.24, 2.45) is 11.8 Å². The van der Waals surface area contributed by atoms with E-state index in [1.807, 2.05) is 11.9 Å². The Bertz CT molecular complexity index is 236. The molecule has 0 spiro atoms. The highest BCUT2D eigenvalue weighted by atomic mass is 16.3. The number of carbonyl (C=O) groups excluding carboxylic acids is 1. The van der Waals surface area contributed by atoms with Crippen LogP contribution in [0.15, 0.2) is 0 Å². The molecular weight excluding hydrogens is 214 g/mol. The Labute approximate surface area is 105 Å². The molecule has 100 valence electrons. The maximum Gasteiger partial charge on any atom is 0.225 e. The van der Waals surface area contributed by atoms with Gasteiger partial charge in [-0.2, -0.15) is 0 Å². The van der Waals surface area contributed by atoms with Crippen LogP contribution in [0, 0.1) is 11.8 Å². The second kappa shape index (κ2) is 7.00. The predicted octanol–water partition coefficient (Wildman–Crippen LogP) is 2.43. The van der Waals surface area contributed by atoms with Gasteiger partial charge in [0.2, 0.25) is 5.91 Å². The van der Waals surface area contributed by atoms with E-state index in [-0.39, 0.29) is 12.0 Å². The van der Waals surface area contributed by atoms with Crippen molar-refractivity contribution in [2.75, 3.05) is 13.6 Å². The van der Waals surface area contributed by atoms with Crippen LogP contribution < -0.4 is 0 Å². The molecule has 0 bridgehead atoms. The predicted molar refractivity (Wildman–Crippen MR) is 69.7 cm³/mol. The summed E-state index contributed by atoms with van der Waals surface area (Å²) in [5.41, 5.74) is 0. The lowest BCUT2D eigenvalue weighted by molar-refractivity contribution is -0.136. The van der Waals surface area contributed by atoms with Gasteiger partial charge in [0, 0.05) is 19.5 Å². The average molecular weight is 241 g/mol. The van der Waals surface area contributed by atoms with Gasteiger partial charge in [0.1, 0.15) is 0 Å². The SMILES string of the molecule is CCCCC(CC)C(=O)N(C)CC1CC(O)C1. The molecule has 1 N–H and O–H groups in total. The van der Waals surface area contributed by atoms with Gasteiger partial charge < -0.3 is 10.0 Å². The Hall–Kier alpha value is -0.570. The topological polar surface area (TPSA) is 40.5 Å². The molecule has 3 heteroatoms. The zero-order chi connectivity index (χ0) is 12.8. The molecule has 0 aromatic carbocycles. The van der Waals surface area contributed by atoms with Gasteiger partial charge in [0.25, 0.3) is 0 Å². The van der Waals surface area contributed by atoms with E-state index in [2.05, 4.69) is 13.8 Å². The van der Waals surface area contributed by atoms with Crippen LogP contribution in [0.1, 0.15) is 52.4 Å². The van der Waals surface area contributed by atoms with Crippen molar-refractivity contribution in [3.05, 3.63) is 0 Å². The normalized spacial score (nSPS) is 25.2. The number of unbranched alkanes of at least 4 members (excludes halogenated alkanes) is 1. The van der Waals surface area contributed by atoms with Crippen LogP contribution in [0.4, 0.5) is 0 Å². The Morgan fingerprint density at radius 1 is 1.41 bits per heavy atom. The first-order valence-electron chi connectivity index (χ1n) is 7.01. The molecule has 17 heavy (non-hydrogen) atoms. The van der Waals surface area contributed by atoms with Gasteiger partial charge in [-0.05, 0) is 31.6 Å². The molecule has 1 rings (SSSR count). The number of carbonyl (C=O) groups is 1. The molecule has 3 nitrogen and oxygen atoms in total. The minimum Gasteiger partial charge on any atom is -0.393 e. The molecular formula is C14H27NO2.